The molecule has 6 heteroatoms. The minimum Gasteiger partial charge on any atom is -0.383 e. The highest BCUT2D eigenvalue weighted by Crippen LogP contribution is 2.25. The standard InChI is InChI=1S/C12H22ClN3OS/c1-4-14-11(9-18-5-2)12-10(13)8-15-16(12)6-7-17-3/h8,11,14H,4-7,9H2,1-3H3. The number of nitrogens with one attached hydrogen (secondary N) is 1. The number of rotatable bonds is 9. The largest absolute Gasteiger partial charge is 0.383 e. The zero-order valence-electron chi connectivity index (χ0n) is 11.3. The van der Waals surface area contributed by atoms with Crippen LogP contribution in [0.25, 0.3) is 0 Å². The molecule has 1 aromatic rings. The quantitative estimate of drug-likeness (QED) is 0.759. The van der Waals surface area contributed by atoms with Crippen LogP contribution in [0, 0.1) is 0 Å². The highest BCUT2D eigenvalue weighted by Gasteiger charge is 2.19. The number of methoxy groups -OCH3 is 1. The summed E-state index contributed by atoms with van der Waals surface area (Å²) in [6.45, 7) is 6.56. The number of halogens is 1. The Balaban J connectivity index is 2.83. The van der Waals surface area contributed by atoms with Crippen molar-refractivity contribution in [3.05, 3.63) is 16.9 Å². The van der Waals surface area contributed by atoms with Gasteiger partial charge < -0.3 is 10.1 Å². The van der Waals surface area contributed by atoms with Crippen LogP contribution in [0.4, 0.5) is 0 Å². The first-order valence-corrected chi connectivity index (χ1v) is 7.79. The minimum atomic E-state index is 0.242. The average Bonchev–Trinajstić information content (AvgIpc) is 2.73. The van der Waals surface area contributed by atoms with E-state index >= 15 is 0 Å². The summed E-state index contributed by atoms with van der Waals surface area (Å²) in [4.78, 5) is 0. The van der Waals surface area contributed by atoms with Crippen LogP contribution in [-0.4, -0.2) is 41.5 Å². The fourth-order valence-electron chi connectivity index (χ4n) is 1.79. The Labute approximate surface area is 118 Å². The molecule has 0 fully saturated rings. The maximum Gasteiger partial charge on any atom is 0.0834 e. The van der Waals surface area contributed by atoms with Gasteiger partial charge in [0.15, 0.2) is 0 Å². The number of hydrogen-bond acceptors (Lipinski definition) is 4. The van der Waals surface area contributed by atoms with Crippen molar-refractivity contribution in [2.24, 2.45) is 0 Å². The van der Waals surface area contributed by atoms with Crippen LogP contribution < -0.4 is 5.32 Å². The molecule has 1 aromatic heterocycles. The molecule has 0 radical (unpaired) electrons. The molecule has 0 saturated carbocycles. The second-order valence-electron chi connectivity index (χ2n) is 3.86. The van der Waals surface area contributed by atoms with Gasteiger partial charge in [-0.05, 0) is 12.3 Å². The lowest BCUT2D eigenvalue weighted by molar-refractivity contribution is 0.182. The lowest BCUT2D eigenvalue weighted by Gasteiger charge is -2.19. The van der Waals surface area contributed by atoms with E-state index in [1.807, 2.05) is 16.4 Å². The van der Waals surface area contributed by atoms with E-state index in [1.54, 1.807) is 13.3 Å². The number of nitrogens with zero attached hydrogens (tertiary/aromatic N) is 2. The van der Waals surface area contributed by atoms with Crippen LogP contribution in [0.2, 0.25) is 5.02 Å². The fourth-order valence-corrected chi connectivity index (χ4v) is 2.81. The first-order valence-electron chi connectivity index (χ1n) is 6.25. The van der Waals surface area contributed by atoms with E-state index in [1.165, 1.54) is 0 Å². The van der Waals surface area contributed by atoms with Gasteiger partial charge in [0.05, 0.1) is 36.1 Å². The van der Waals surface area contributed by atoms with Crippen LogP contribution in [0.5, 0.6) is 0 Å². The third kappa shape index (κ3) is 4.46. The van der Waals surface area contributed by atoms with Gasteiger partial charge >= 0.3 is 0 Å². The summed E-state index contributed by atoms with van der Waals surface area (Å²) >= 11 is 8.16. The molecule has 0 aromatic carbocycles. The Kier molecular flexibility index (Phi) is 7.74. The smallest absolute Gasteiger partial charge is 0.0834 e. The molecule has 4 nitrogen and oxygen atoms in total. The molecule has 104 valence electrons. The third-order valence-corrected chi connectivity index (χ3v) is 3.88. The first-order chi connectivity index (χ1) is 8.74. The molecule has 1 unspecified atom stereocenters. The van der Waals surface area contributed by atoms with Gasteiger partial charge in [0, 0.05) is 12.9 Å². The number of thioether (sulfide) groups is 1. The van der Waals surface area contributed by atoms with E-state index < -0.39 is 0 Å². The summed E-state index contributed by atoms with van der Waals surface area (Å²) < 4.78 is 7.04. The van der Waals surface area contributed by atoms with E-state index in [2.05, 4.69) is 24.3 Å². The Morgan fingerprint density at radius 2 is 2.33 bits per heavy atom. The normalized spacial score (nSPS) is 12.9. The number of hydrogen-bond donors (Lipinski definition) is 1. The molecule has 0 aliphatic heterocycles. The maximum absolute atomic E-state index is 6.26. The molecule has 1 rings (SSSR count). The van der Waals surface area contributed by atoms with Crippen LogP contribution in [0.1, 0.15) is 25.6 Å². The Morgan fingerprint density at radius 1 is 1.56 bits per heavy atom. The Bertz CT molecular complexity index is 346. The molecular formula is C12H22ClN3OS. The molecule has 0 spiro atoms. The molecule has 0 saturated heterocycles. The van der Waals surface area contributed by atoms with Gasteiger partial charge in [0.25, 0.3) is 0 Å². The summed E-state index contributed by atoms with van der Waals surface area (Å²) in [6, 6.07) is 0.242. The van der Waals surface area contributed by atoms with Crippen LogP contribution in [0.15, 0.2) is 6.20 Å². The fraction of sp³-hybridized carbons (Fsp3) is 0.750. The third-order valence-electron chi connectivity index (χ3n) is 2.61. The van der Waals surface area contributed by atoms with Gasteiger partial charge in [-0.1, -0.05) is 25.4 Å². The zero-order chi connectivity index (χ0) is 13.4. The average molecular weight is 292 g/mol. The van der Waals surface area contributed by atoms with Gasteiger partial charge in [0.1, 0.15) is 0 Å². The second-order valence-corrected chi connectivity index (χ2v) is 5.59. The van der Waals surface area contributed by atoms with Crippen molar-refractivity contribution in [1.29, 1.82) is 0 Å². The first kappa shape index (κ1) is 15.8. The van der Waals surface area contributed by atoms with Crippen molar-refractivity contribution in [3.63, 3.8) is 0 Å². The molecule has 0 aliphatic carbocycles. The SMILES string of the molecule is CCNC(CSCC)c1c(Cl)cnn1CCOC. The van der Waals surface area contributed by atoms with Gasteiger partial charge in [-0.3, -0.25) is 4.68 Å². The Morgan fingerprint density at radius 3 is 2.94 bits per heavy atom. The van der Waals surface area contributed by atoms with E-state index in [-0.39, 0.29) is 6.04 Å². The van der Waals surface area contributed by atoms with Crippen LogP contribution in [-0.2, 0) is 11.3 Å². The van der Waals surface area contributed by atoms with Crippen molar-refractivity contribution in [2.45, 2.75) is 26.4 Å². The molecular weight excluding hydrogens is 270 g/mol. The van der Waals surface area contributed by atoms with Gasteiger partial charge in [-0.15, -0.1) is 0 Å². The van der Waals surface area contributed by atoms with Crippen molar-refractivity contribution < 1.29 is 4.74 Å². The van der Waals surface area contributed by atoms with Gasteiger partial charge in [-0.25, -0.2) is 0 Å². The maximum atomic E-state index is 6.26. The Hall–Kier alpha value is -0.230. The summed E-state index contributed by atoms with van der Waals surface area (Å²) in [7, 11) is 1.69. The van der Waals surface area contributed by atoms with E-state index in [0.29, 0.717) is 6.61 Å². The van der Waals surface area contributed by atoms with E-state index in [4.69, 9.17) is 16.3 Å². The molecule has 1 N–H and O–H groups in total. The molecule has 1 atom stereocenters. The van der Waals surface area contributed by atoms with E-state index in [0.717, 1.165) is 35.3 Å². The predicted octanol–water partition coefficient (Wildman–Crippen LogP) is 2.59. The van der Waals surface area contributed by atoms with Crippen LogP contribution >= 0.6 is 23.4 Å². The number of ether oxygens (including phenoxy) is 1. The molecule has 0 bridgehead atoms. The summed E-state index contributed by atoms with van der Waals surface area (Å²) in [5.74, 6) is 2.11. The molecule has 0 aliphatic rings. The highest BCUT2D eigenvalue weighted by atomic mass is 35.5. The predicted molar refractivity (Wildman–Crippen MR) is 78.5 cm³/mol. The summed E-state index contributed by atoms with van der Waals surface area (Å²) in [5.41, 5.74) is 1.07. The second kappa shape index (κ2) is 8.80. The zero-order valence-corrected chi connectivity index (χ0v) is 12.9. The van der Waals surface area contributed by atoms with Crippen molar-refractivity contribution in [2.75, 3.05) is 31.8 Å². The van der Waals surface area contributed by atoms with Crippen molar-refractivity contribution in [1.82, 2.24) is 15.1 Å². The molecule has 1 heterocycles. The van der Waals surface area contributed by atoms with Crippen molar-refractivity contribution >= 4 is 23.4 Å². The molecule has 0 amide bonds. The lowest BCUT2D eigenvalue weighted by atomic mass is 10.2. The van der Waals surface area contributed by atoms with Gasteiger partial charge in [-0.2, -0.15) is 16.9 Å². The van der Waals surface area contributed by atoms with Crippen molar-refractivity contribution in [3.8, 4) is 0 Å². The van der Waals surface area contributed by atoms with E-state index in [9.17, 15) is 0 Å². The topological polar surface area (TPSA) is 39.1 Å². The highest BCUT2D eigenvalue weighted by molar-refractivity contribution is 7.99. The van der Waals surface area contributed by atoms with Gasteiger partial charge in [0.2, 0.25) is 0 Å². The minimum absolute atomic E-state index is 0.242. The molecule has 18 heavy (non-hydrogen) atoms. The van der Waals surface area contributed by atoms with Crippen LogP contribution in [0.3, 0.4) is 0 Å². The summed E-state index contributed by atoms with van der Waals surface area (Å²) in [6.07, 6.45) is 1.72. The summed E-state index contributed by atoms with van der Waals surface area (Å²) in [5, 5.41) is 8.52. The number of aromatic nitrogens is 2. The lowest BCUT2D eigenvalue weighted by Crippen LogP contribution is -2.26. The monoisotopic (exact) mass is 291 g/mol.